The molecule has 1 heterocycles. The highest BCUT2D eigenvalue weighted by Gasteiger charge is 2.29. The topological polar surface area (TPSA) is 61.8 Å². The number of nitrogens with two attached hydrogens (primary N) is 1. The Morgan fingerprint density at radius 1 is 1.33 bits per heavy atom. The Bertz CT molecular complexity index is 489. The maximum Gasteiger partial charge on any atom is 0.153 e. The van der Waals surface area contributed by atoms with Gasteiger partial charge in [-0.1, -0.05) is 36.2 Å². The average molecular weight is 305 g/mol. The van der Waals surface area contributed by atoms with Gasteiger partial charge in [-0.15, -0.1) is 11.8 Å². The molecule has 0 radical (unpaired) electrons. The second-order valence-corrected chi connectivity index (χ2v) is 7.35. The van der Waals surface area contributed by atoms with E-state index < -0.39 is 0 Å². The quantitative estimate of drug-likeness (QED) is 0.380. The standard InChI is InChI=1S/C16H23N3OS/c17-16(18-20)11-19(13-6-2-3-7-13)10-14-9-12-5-1-4-8-15(12)21-14/h1,4-5,8,13-14,20H,2-3,6-7,9-11H2,(H2,17,18). The molecular weight excluding hydrogens is 282 g/mol. The molecule has 114 valence electrons. The van der Waals surface area contributed by atoms with Crippen molar-refractivity contribution in [2.45, 2.75) is 48.3 Å². The maximum atomic E-state index is 8.86. The fourth-order valence-electron chi connectivity index (χ4n) is 3.47. The largest absolute Gasteiger partial charge is 0.409 e. The molecule has 2 aliphatic rings. The van der Waals surface area contributed by atoms with Crippen LogP contribution in [-0.2, 0) is 6.42 Å². The number of amidine groups is 1. The molecule has 0 spiro atoms. The van der Waals surface area contributed by atoms with Crippen molar-refractivity contribution in [3.63, 3.8) is 0 Å². The molecular formula is C16H23N3OS. The van der Waals surface area contributed by atoms with E-state index in [1.165, 1.54) is 36.1 Å². The molecule has 3 rings (SSSR count). The van der Waals surface area contributed by atoms with E-state index in [4.69, 9.17) is 10.9 Å². The molecule has 1 unspecified atom stereocenters. The van der Waals surface area contributed by atoms with Crippen LogP contribution in [0.25, 0.3) is 0 Å². The molecule has 1 fully saturated rings. The summed E-state index contributed by atoms with van der Waals surface area (Å²) in [6, 6.07) is 9.26. The first kappa shape index (κ1) is 14.7. The van der Waals surface area contributed by atoms with E-state index in [-0.39, 0.29) is 0 Å². The van der Waals surface area contributed by atoms with Crippen LogP contribution in [0.4, 0.5) is 0 Å². The molecule has 3 N–H and O–H groups in total. The lowest BCUT2D eigenvalue weighted by Crippen LogP contribution is -2.43. The van der Waals surface area contributed by atoms with Crippen molar-refractivity contribution in [1.82, 2.24) is 4.90 Å². The summed E-state index contributed by atoms with van der Waals surface area (Å²) in [6.07, 6.45) is 6.21. The van der Waals surface area contributed by atoms with E-state index in [1.54, 1.807) is 0 Å². The fraction of sp³-hybridized carbons (Fsp3) is 0.562. The zero-order valence-electron chi connectivity index (χ0n) is 12.2. The molecule has 1 aliphatic carbocycles. The van der Waals surface area contributed by atoms with E-state index in [2.05, 4.69) is 34.3 Å². The summed E-state index contributed by atoms with van der Waals surface area (Å²) in [7, 11) is 0. The highest BCUT2D eigenvalue weighted by molar-refractivity contribution is 8.00. The average Bonchev–Trinajstić information content (AvgIpc) is 3.15. The van der Waals surface area contributed by atoms with Crippen LogP contribution in [0.5, 0.6) is 0 Å². The number of nitrogens with zero attached hydrogens (tertiary/aromatic N) is 2. The van der Waals surface area contributed by atoms with Crippen molar-refractivity contribution in [1.29, 1.82) is 0 Å². The van der Waals surface area contributed by atoms with Crippen LogP contribution in [-0.4, -0.2) is 40.3 Å². The molecule has 0 bridgehead atoms. The second kappa shape index (κ2) is 6.71. The number of hydrogen-bond donors (Lipinski definition) is 2. The van der Waals surface area contributed by atoms with Gasteiger partial charge in [-0.2, -0.15) is 0 Å². The fourth-order valence-corrected chi connectivity index (χ4v) is 4.82. The Labute approximate surface area is 130 Å². The minimum atomic E-state index is 0.322. The highest BCUT2D eigenvalue weighted by Crippen LogP contribution is 2.37. The molecule has 0 amide bonds. The van der Waals surface area contributed by atoms with Crippen molar-refractivity contribution in [2.75, 3.05) is 13.1 Å². The summed E-state index contributed by atoms with van der Waals surface area (Å²) in [5.41, 5.74) is 7.21. The Kier molecular flexibility index (Phi) is 4.70. The molecule has 21 heavy (non-hydrogen) atoms. The van der Waals surface area contributed by atoms with Crippen LogP contribution in [0, 0.1) is 0 Å². The van der Waals surface area contributed by atoms with Gasteiger partial charge in [0.1, 0.15) is 0 Å². The number of rotatable bonds is 5. The summed E-state index contributed by atoms with van der Waals surface area (Å²) < 4.78 is 0. The van der Waals surface area contributed by atoms with Crippen LogP contribution in [0.2, 0.25) is 0 Å². The Hall–Kier alpha value is -1.20. The number of benzene rings is 1. The van der Waals surface area contributed by atoms with Gasteiger partial charge in [0.15, 0.2) is 5.84 Å². The van der Waals surface area contributed by atoms with Crippen LogP contribution in [0.1, 0.15) is 31.2 Å². The molecule has 1 aliphatic heterocycles. The Balaban J connectivity index is 1.65. The van der Waals surface area contributed by atoms with Crippen molar-refractivity contribution < 1.29 is 5.21 Å². The van der Waals surface area contributed by atoms with Gasteiger partial charge < -0.3 is 10.9 Å². The van der Waals surface area contributed by atoms with Gasteiger partial charge in [-0.25, -0.2) is 0 Å². The summed E-state index contributed by atoms with van der Waals surface area (Å²) in [5, 5.41) is 12.6. The summed E-state index contributed by atoms with van der Waals surface area (Å²) >= 11 is 1.97. The van der Waals surface area contributed by atoms with E-state index in [0.29, 0.717) is 23.7 Å². The van der Waals surface area contributed by atoms with E-state index >= 15 is 0 Å². The zero-order chi connectivity index (χ0) is 14.7. The molecule has 1 saturated carbocycles. The normalized spacial score (nSPS) is 22.9. The molecule has 1 aromatic rings. The molecule has 1 atom stereocenters. The molecule has 1 aromatic carbocycles. The highest BCUT2D eigenvalue weighted by atomic mass is 32.2. The Morgan fingerprint density at radius 3 is 2.81 bits per heavy atom. The van der Waals surface area contributed by atoms with Gasteiger partial charge in [0.25, 0.3) is 0 Å². The lowest BCUT2D eigenvalue weighted by molar-refractivity contribution is 0.223. The van der Waals surface area contributed by atoms with Crippen molar-refractivity contribution >= 4 is 17.6 Å². The third kappa shape index (κ3) is 3.52. The van der Waals surface area contributed by atoms with Gasteiger partial charge in [-0.05, 0) is 30.9 Å². The first-order valence-electron chi connectivity index (χ1n) is 7.71. The van der Waals surface area contributed by atoms with Gasteiger partial charge in [-0.3, -0.25) is 4.90 Å². The predicted octanol–water partition coefficient (Wildman–Crippen LogP) is 2.69. The lowest BCUT2D eigenvalue weighted by atomic mass is 10.1. The molecule has 5 heteroatoms. The summed E-state index contributed by atoms with van der Waals surface area (Å²) in [5.74, 6) is 0.322. The van der Waals surface area contributed by atoms with Crippen LogP contribution in [0.15, 0.2) is 34.3 Å². The van der Waals surface area contributed by atoms with Crippen LogP contribution in [0.3, 0.4) is 0 Å². The van der Waals surface area contributed by atoms with E-state index in [1.807, 2.05) is 11.8 Å². The minimum Gasteiger partial charge on any atom is -0.409 e. The number of fused-ring (bicyclic) bond motifs is 1. The van der Waals surface area contributed by atoms with Gasteiger partial charge in [0.05, 0.1) is 6.54 Å². The summed E-state index contributed by atoms with van der Waals surface area (Å²) in [4.78, 5) is 3.84. The zero-order valence-corrected chi connectivity index (χ0v) is 13.1. The third-order valence-corrected chi connectivity index (χ3v) is 5.79. The second-order valence-electron chi connectivity index (χ2n) is 6.01. The van der Waals surface area contributed by atoms with E-state index in [9.17, 15) is 0 Å². The molecule has 0 aromatic heterocycles. The number of oxime groups is 1. The van der Waals surface area contributed by atoms with Crippen molar-refractivity contribution in [2.24, 2.45) is 10.9 Å². The first-order valence-corrected chi connectivity index (χ1v) is 8.59. The third-order valence-electron chi connectivity index (χ3n) is 4.49. The maximum absolute atomic E-state index is 8.86. The molecule has 0 saturated heterocycles. The monoisotopic (exact) mass is 305 g/mol. The molecule has 4 nitrogen and oxygen atoms in total. The SMILES string of the molecule is NC(CN(CC1Cc2ccccc2S1)C1CCCC1)=NO. The summed E-state index contributed by atoms with van der Waals surface area (Å²) in [6.45, 7) is 1.59. The van der Waals surface area contributed by atoms with Gasteiger partial charge in [0, 0.05) is 22.7 Å². The predicted molar refractivity (Wildman–Crippen MR) is 87.0 cm³/mol. The Morgan fingerprint density at radius 2 is 2.10 bits per heavy atom. The van der Waals surface area contributed by atoms with Crippen LogP contribution >= 0.6 is 11.8 Å². The van der Waals surface area contributed by atoms with E-state index in [0.717, 1.165) is 13.0 Å². The van der Waals surface area contributed by atoms with Crippen LogP contribution < -0.4 is 5.73 Å². The smallest absolute Gasteiger partial charge is 0.153 e. The van der Waals surface area contributed by atoms with Crippen molar-refractivity contribution in [3.05, 3.63) is 29.8 Å². The van der Waals surface area contributed by atoms with Crippen molar-refractivity contribution in [3.8, 4) is 0 Å². The minimum absolute atomic E-state index is 0.322. The number of hydrogen-bond acceptors (Lipinski definition) is 4. The van der Waals surface area contributed by atoms with Gasteiger partial charge >= 0.3 is 0 Å². The lowest BCUT2D eigenvalue weighted by Gasteiger charge is -2.30. The van der Waals surface area contributed by atoms with Gasteiger partial charge in [0.2, 0.25) is 0 Å². The first-order chi connectivity index (χ1) is 10.3. The number of thioether (sulfide) groups is 1.